The van der Waals surface area contributed by atoms with E-state index >= 15 is 0 Å². The molecule has 1 aliphatic carbocycles. The number of rotatable bonds is 3. The number of aliphatic hydroxyl groups is 1. The van der Waals surface area contributed by atoms with E-state index in [1.807, 2.05) is 0 Å². The van der Waals surface area contributed by atoms with Crippen molar-refractivity contribution in [2.75, 3.05) is 6.61 Å². The average Bonchev–Trinajstić information content (AvgIpc) is 2.06. The molecule has 0 spiro atoms. The van der Waals surface area contributed by atoms with Crippen LogP contribution in [0.3, 0.4) is 0 Å². The Morgan fingerprint density at radius 2 is 1.82 bits per heavy atom. The van der Waals surface area contributed by atoms with Crippen LogP contribution in [0, 0.1) is 11.8 Å². The molecule has 0 aliphatic heterocycles. The third-order valence-electron chi connectivity index (χ3n) is 3.09. The fraction of sp³-hybridized carbons (Fsp3) is 1.00. The second-order valence-electron chi connectivity index (χ2n) is 3.73. The minimum atomic E-state index is 0.390. The van der Waals surface area contributed by atoms with Crippen LogP contribution in [0.4, 0.5) is 0 Å². The van der Waals surface area contributed by atoms with Gasteiger partial charge < -0.3 is 5.11 Å². The zero-order valence-corrected chi connectivity index (χ0v) is 7.55. The number of aliphatic hydroxyl groups excluding tert-OH is 1. The van der Waals surface area contributed by atoms with Crippen molar-refractivity contribution in [2.24, 2.45) is 11.8 Å². The van der Waals surface area contributed by atoms with Crippen LogP contribution in [0.1, 0.15) is 45.4 Å². The summed E-state index contributed by atoms with van der Waals surface area (Å²) >= 11 is 0. The van der Waals surface area contributed by atoms with Gasteiger partial charge in [-0.3, -0.25) is 0 Å². The van der Waals surface area contributed by atoms with Gasteiger partial charge in [-0.05, 0) is 18.3 Å². The summed E-state index contributed by atoms with van der Waals surface area (Å²) in [6, 6.07) is 0. The molecule has 0 aromatic rings. The third kappa shape index (κ3) is 2.48. The molecule has 1 rings (SSSR count). The van der Waals surface area contributed by atoms with Crippen molar-refractivity contribution in [2.45, 2.75) is 45.4 Å². The predicted molar refractivity (Wildman–Crippen MR) is 47.4 cm³/mol. The second-order valence-corrected chi connectivity index (χ2v) is 3.73. The summed E-state index contributed by atoms with van der Waals surface area (Å²) < 4.78 is 0. The molecule has 1 N–H and O–H groups in total. The standard InChI is InChI=1S/C10H20O/c1-2-9-5-3-4-6-10(9)7-8-11/h9-11H,2-8H2,1H3/t9-,10-/m0/s1. The first-order valence-corrected chi connectivity index (χ1v) is 4.99. The normalized spacial score (nSPS) is 32.2. The molecule has 0 radical (unpaired) electrons. The lowest BCUT2D eigenvalue weighted by molar-refractivity contribution is 0.172. The van der Waals surface area contributed by atoms with Crippen LogP contribution in [0.15, 0.2) is 0 Å². The summed E-state index contributed by atoms with van der Waals surface area (Å²) in [6.07, 6.45) is 7.92. The van der Waals surface area contributed by atoms with Crippen LogP contribution < -0.4 is 0 Å². The topological polar surface area (TPSA) is 20.2 Å². The summed E-state index contributed by atoms with van der Waals surface area (Å²) in [5, 5.41) is 8.83. The molecular formula is C10H20O. The molecule has 11 heavy (non-hydrogen) atoms. The predicted octanol–water partition coefficient (Wildman–Crippen LogP) is 2.59. The van der Waals surface area contributed by atoms with Gasteiger partial charge in [0.1, 0.15) is 0 Å². The van der Waals surface area contributed by atoms with Gasteiger partial charge in [-0.2, -0.15) is 0 Å². The highest BCUT2D eigenvalue weighted by Crippen LogP contribution is 2.33. The van der Waals surface area contributed by atoms with Gasteiger partial charge in [0.15, 0.2) is 0 Å². The van der Waals surface area contributed by atoms with Gasteiger partial charge in [0.05, 0.1) is 0 Å². The van der Waals surface area contributed by atoms with Gasteiger partial charge in [-0.15, -0.1) is 0 Å². The SMILES string of the molecule is CC[C@H]1CCCC[C@H]1CCO. The summed E-state index contributed by atoms with van der Waals surface area (Å²) in [4.78, 5) is 0. The molecule has 0 aromatic heterocycles. The maximum atomic E-state index is 8.83. The Hall–Kier alpha value is -0.0400. The molecule has 1 saturated carbocycles. The Kier molecular flexibility index (Phi) is 3.92. The van der Waals surface area contributed by atoms with Crippen molar-refractivity contribution in [1.82, 2.24) is 0 Å². The fourth-order valence-corrected chi connectivity index (χ4v) is 2.37. The number of hydrogen-bond acceptors (Lipinski definition) is 1. The quantitative estimate of drug-likeness (QED) is 0.666. The van der Waals surface area contributed by atoms with Crippen molar-refractivity contribution in [1.29, 1.82) is 0 Å². The summed E-state index contributed by atoms with van der Waals surface area (Å²) in [6.45, 7) is 2.67. The molecular weight excluding hydrogens is 136 g/mol. The molecule has 1 aliphatic rings. The Balaban J connectivity index is 2.31. The molecule has 0 amide bonds. The molecule has 0 aromatic carbocycles. The zero-order valence-electron chi connectivity index (χ0n) is 7.55. The Morgan fingerprint density at radius 1 is 1.18 bits per heavy atom. The highest BCUT2D eigenvalue weighted by molar-refractivity contribution is 4.73. The van der Waals surface area contributed by atoms with E-state index in [1.165, 1.54) is 32.1 Å². The summed E-state index contributed by atoms with van der Waals surface area (Å²) in [7, 11) is 0. The van der Waals surface area contributed by atoms with Gasteiger partial charge in [-0.25, -0.2) is 0 Å². The first-order valence-electron chi connectivity index (χ1n) is 4.99. The highest BCUT2D eigenvalue weighted by atomic mass is 16.3. The molecule has 2 atom stereocenters. The average molecular weight is 156 g/mol. The first-order chi connectivity index (χ1) is 5.38. The monoisotopic (exact) mass is 156 g/mol. The van der Waals surface area contributed by atoms with Gasteiger partial charge >= 0.3 is 0 Å². The van der Waals surface area contributed by atoms with E-state index in [4.69, 9.17) is 5.11 Å². The minimum absolute atomic E-state index is 0.390. The van der Waals surface area contributed by atoms with E-state index in [0.717, 1.165) is 18.3 Å². The first kappa shape index (κ1) is 9.05. The molecule has 1 heteroatoms. The van der Waals surface area contributed by atoms with Crippen molar-refractivity contribution >= 4 is 0 Å². The molecule has 66 valence electrons. The van der Waals surface area contributed by atoms with E-state index in [0.29, 0.717) is 6.61 Å². The van der Waals surface area contributed by atoms with Crippen molar-refractivity contribution in [3.8, 4) is 0 Å². The zero-order chi connectivity index (χ0) is 8.10. The van der Waals surface area contributed by atoms with E-state index < -0.39 is 0 Å². The van der Waals surface area contributed by atoms with Gasteiger partial charge in [0.25, 0.3) is 0 Å². The van der Waals surface area contributed by atoms with Gasteiger partial charge in [0.2, 0.25) is 0 Å². The lowest BCUT2D eigenvalue weighted by Gasteiger charge is -2.30. The second kappa shape index (κ2) is 4.76. The molecule has 1 nitrogen and oxygen atoms in total. The fourth-order valence-electron chi connectivity index (χ4n) is 2.37. The van der Waals surface area contributed by atoms with Crippen LogP contribution in [-0.2, 0) is 0 Å². The lowest BCUT2D eigenvalue weighted by Crippen LogP contribution is -2.19. The van der Waals surface area contributed by atoms with Crippen LogP contribution in [0.2, 0.25) is 0 Å². The smallest absolute Gasteiger partial charge is 0.0433 e. The van der Waals surface area contributed by atoms with Crippen LogP contribution in [0.5, 0.6) is 0 Å². The van der Waals surface area contributed by atoms with Crippen LogP contribution >= 0.6 is 0 Å². The maximum Gasteiger partial charge on any atom is 0.0433 e. The maximum absolute atomic E-state index is 8.83. The van der Waals surface area contributed by atoms with Crippen LogP contribution in [-0.4, -0.2) is 11.7 Å². The third-order valence-corrected chi connectivity index (χ3v) is 3.09. The Bertz CT molecular complexity index is 99.0. The van der Waals surface area contributed by atoms with E-state index in [2.05, 4.69) is 6.92 Å². The number of hydrogen-bond donors (Lipinski definition) is 1. The lowest BCUT2D eigenvalue weighted by atomic mass is 9.76. The van der Waals surface area contributed by atoms with E-state index in [1.54, 1.807) is 0 Å². The molecule has 0 saturated heterocycles. The summed E-state index contributed by atoms with van der Waals surface area (Å²) in [5.41, 5.74) is 0. The van der Waals surface area contributed by atoms with Gasteiger partial charge in [-0.1, -0.05) is 39.0 Å². The minimum Gasteiger partial charge on any atom is -0.396 e. The Morgan fingerprint density at radius 3 is 2.36 bits per heavy atom. The van der Waals surface area contributed by atoms with Crippen molar-refractivity contribution < 1.29 is 5.11 Å². The van der Waals surface area contributed by atoms with Gasteiger partial charge in [0, 0.05) is 6.61 Å². The summed E-state index contributed by atoms with van der Waals surface area (Å²) in [5.74, 6) is 1.75. The van der Waals surface area contributed by atoms with Crippen molar-refractivity contribution in [3.63, 3.8) is 0 Å². The van der Waals surface area contributed by atoms with E-state index in [-0.39, 0.29) is 0 Å². The van der Waals surface area contributed by atoms with Crippen LogP contribution in [0.25, 0.3) is 0 Å². The molecule has 0 heterocycles. The van der Waals surface area contributed by atoms with Crippen molar-refractivity contribution in [3.05, 3.63) is 0 Å². The van der Waals surface area contributed by atoms with E-state index in [9.17, 15) is 0 Å². The molecule has 1 fully saturated rings. The highest BCUT2D eigenvalue weighted by Gasteiger charge is 2.22. The Labute approximate surface area is 69.8 Å². The largest absolute Gasteiger partial charge is 0.396 e. The molecule has 0 unspecified atom stereocenters. The molecule has 0 bridgehead atoms.